The van der Waals surface area contributed by atoms with E-state index in [0.29, 0.717) is 30.2 Å². The molecule has 3 rings (SSSR count). The van der Waals surface area contributed by atoms with Crippen molar-refractivity contribution < 1.29 is 27.2 Å². The first-order chi connectivity index (χ1) is 14.8. The van der Waals surface area contributed by atoms with Gasteiger partial charge in [0.1, 0.15) is 5.75 Å². The van der Waals surface area contributed by atoms with E-state index in [1.807, 2.05) is 0 Å². The number of nitrogens with zero attached hydrogens (tertiary/aromatic N) is 3. The topological polar surface area (TPSA) is 146 Å². The van der Waals surface area contributed by atoms with Gasteiger partial charge < -0.3 is 19.8 Å². The number of primary amides is 1. The van der Waals surface area contributed by atoms with Crippen LogP contribution in [0.2, 0.25) is 0 Å². The summed E-state index contributed by atoms with van der Waals surface area (Å²) < 4.78 is 34.1. The van der Waals surface area contributed by atoms with Crippen LogP contribution in [-0.4, -0.2) is 61.3 Å². The average molecular weight is 469 g/mol. The van der Waals surface area contributed by atoms with Gasteiger partial charge in [-0.05, 0) is 24.5 Å². The number of ether oxygens (including phenoxy) is 1. The van der Waals surface area contributed by atoms with Crippen LogP contribution in [-0.2, 0) is 25.8 Å². The molecule has 0 saturated carbocycles. The summed E-state index contributed by atoms with van der Waals surface area (Å²) in [5, 5.41) is 8.11. The first-order valence-electron chi connectivity index (χ1n) is 9.64. The van der Waals surface area contributed by atoms with Gasteiger partial charge in [0, 0.05) is 19.4 Å². The number of hydrogen-bond donors (Lipinski definition) is 1. The lowest BCUT2D eigenvalue weighted by Gasteiger charge is -2.23. The van der Waals surface area contributed by atoms with E-state index in [0.717, 1.165) is 11.8 Å². The highest BCUT2D eigenvalue weighted by atomic mass is 32.2. The number of hydrogen-bond acceptors (Lipinski definition) is 9. The van der Waals surface area contributed by atoms with Gasteiger partial charge in [0.2, 0.25) is 17.7 Å². The summed E-state index contributed by atoms with van der Waals surface area (Å²) in [4.78, 5) is 25.6. The largest absolute Gasteiger partial charge is 0.495 e. The first-order valence-corrected chi connectivity index (χ1v) is 12.5. The summed E-state index contributed by atoms with van der Waals surface area (Å²) in [6.45, 7) is 0.111. The van der Waals surface area contributed by atoms with E-state index in [9.17, 15) is 18.0 Å². The zero-order valence-electron chi connectivity index (χ0n) is 17.0. The van der Waals surface area contributed by atoms with Crippen molar-refractivity contribution in [3.63, 3.8) is 0 Å². The Morgan fingerprint density at radius 1 is 1.32 bits per heavy atom. The predicted octanol–water partition coefficient (Wildman–Crippen LogP) is 1.06. The maximum atomic E-state index is 12.9. The second-order valence-electron chi connectivity index (χ2n) is 7.16. The predicted molar refractivity (Wildman–Crippen MR) is 115 cm³/mol. The third kappa shape index (κ3) is 6.44. The zero-order chi connectivity index (χ0) is 22.4. The molecule has 1 atom stereocenters. The number of methoxy groups -OCH3 is 1. The SMILES string of the molecule is COc1ccccc1N(CCC(N)=O)C(=O)CSc1nnc(CC2CCS(=O)(=O)C2)o1. The molecule has 1 unspecified atom stereocenters. The van der Waals surface area contributed by atoms with E-state index in [1.165, 1.54) is 12.0 Å². The molecule has 168 valence electrons. The van der Waals surface area contributed by atoms with Crippen molar-refractivity contribution in [2.45, 2.75) is 24.5 Å². The fraction of sp³-hybridized carbons (Fsp3) is 0.474. The Bertz CT molecular complexity index is 1040. The van der Waals surface area contributed by atoms with Crippen LogP contribution in [0.1, 0.15) is 18.7 Å². The van der Waals surface area contributed by atoms with E-state index in [1.54, 1.807) is 24.3 Å². The highest BCUT2D eigenvalue weighted by Gasteiger charge is 2.29. The second kappa shape index (κ2) is 10.1. The lowest BCUT2D eigenvalue weighted by Crippen LogP contribution is -2.35. The second-order valence-corrected chi connectivity index (χ2v) is 10.3. The Kier molecular flexibility index (Phi) is 7.55. The normalized spacial score (nSPS) is 17.4. The molecule has 1 aliphatic heterocycles. The number of benzene rings is 1. The minimum Gasteiger partial charge on any atom is -0.495 e. The molecule has 2 aromatic rings. The molecule has 2 N–H and O–H groups in total. The van der Waals surface area contributed by atoms with E-state index in [4.69, 9.17) is 14.9 Å². The number of para-hydroxylation sites is 2. The first kappa shape index (κ1) is 23.1. The summed E-state index contributed by atoms with van der Waals surface area (Å²) in [7, 11) is -1.47. The molecule has 1 saturated heterocycles. The number of nitrogens with two attached hydrogens (primary N) is 1. The van der Waals surface area contributed by atoms with Crippen LogP contribution >= 0.6 is 11.8 Å². The van der Waals surface area contributed by atoms with Crippen LogP contribution in [0.25, 0.3) is 0 Å². The van der Waals surface area contributed by atoms with Crippen molar-refractivity contribution in [1.82, 2.24) is 10.2 Å². The Morgan fingerprint density at radius 2 is 2.10 bits per heavy atom. The van der Waals surface area contributed by atoms with Gasteiger partial charge in [-0.3, -0.25) is 9.59 Å². The molecular weight excluding hydrogens is 444 g/mol. The summed E-state index contributed by atoms with van der Waals surface area (Å²) in [5.41, 5.74) is 5.79. The standard InChI is InChI=1S/C19H24N4O6S2/c1-28-15-5-3-2-4-14(15)23(8-6-16(20)24)18(25)11-30-19-22-21-17(29-19)10-13-7-9-31(26,27)12-13/h2-5,13H,6-12H2,1H3,(H2,20,24). The molecule has 0 bridgehead atoms. The molecule has 2 heterocycles. The lowest BCUT2D eigenvalue weighted by molar-refractivity contribution is -0.118. The summed E-state index contributed by atoms with van der Waals surface area (Å²) in [5.74, 6) is 0.337. The molecule has 1 aliphatic rings. The van der Waals surface area contributed by atoms with E-state index >= 15 is 0 Å². The quantitative estimate of drug-likeness (QED) is 0.506. The molecular formula is C19H24N4O6S2. The number of sulfone groups is 1. The molecule has 2 amide bonds. The molecule has 0 spiro atoms. The zero-order valence-corrected chi connectivity index (χ0v) is 18.7. The summed E-state index contributed by atoms with van der Waals surface area (Å²) >= 11 is 1.07. The van der Waals surface area contributed by atoms with E-state index in [2.05, 4.69) is 10.2 Å². The summed E-state index contributed by atoms with van der Waals surface area (Å²) in [6.07, 6.45) is 0.982. The Morgan fingerprint density at radius 3 is 2.77 bits per heavy atom. The number of rotatable bonds is 10. The van der Waals surface area contributed by atoms with E-state index < -0.39 is 15.7 Å². The number of thioether (sulfide) groups is 1. The molecule has 0 aliphatic carbocycles. The monoisotopic (exact) mass is 468 g/mol. The minimum atomic E-state index is -2.97. The van der Waals surface area contributed by atoms with Crippen molar-refractivity contribution in [3.8, 4) is 5.75 Å². The lowest BCUT2D eigenvalue weighted by atomic mass is 10.1. The highest BCUT2D eigenvalue weighted by molar-refractivity contribution is 7.99. The Hall–Kier alpha value is -2.60. The van der Waals surface area contributed by atoms with Crippen LogP contribution in [0.5, 0.6) is 5.75 Å². The van der Waals surface area contributed by atoms with Crippen molar-refractivity contribution in [3.05, 3.63) is 30.2 Å². The third-order valence-electron chi connectivity index (χ3n) is 4.82. The van der Waals surface area contributed by atoms with Gasteiger partial charge in [-0.25, -0.2) is 8.42 Å². The highest BCUT2D eigenvalue weighted by Crippen LogP contribution is 2.29. The van der Waals surface area contributed by atoms with Crippen molar-refractivity contribution in [1.29, 1.82) is 0 Å². The van der Waals surface area contributed by atoms with Crippen LogP contribution in [0, 0.1) is 5.92 Å². The van der Waals surface area contributed by atoms with Gasteiger partial charge in [0.25, 0.3) is 5.22 Å². The molecule has 31 heavy (non-hydrogen) atoms. The smallest absolute Gasteiger partial charge is 0.277 e. The maximum Gasteiger partial charge on any atom is 0.277 e. The molecule has 1 aromatic heterocycles. The molecule has 1 fully saturated rings. The minimum absolute atomic E-state index is 0.00343. The van der Waals surface area contributed by atoms with Gasteiger partial charge >= 0.3 is 0 Å². The van der Waals surface area contributed by atoms with Crippen LogP contribution in [0.4, 0.5) is 5.69 Å². The molecule has 12 heteroatoms. The van der Waals surface area contributed by atoms with Crippen molar-refractivity contribution in [2.24, 2.45) is 11.7 Å². The number of carbonyl (C=O) groups is 2. The summed E-state index contributed by atoms with van der Waals surface area (Å²) in [6, 6.07) is 7.00. The number of amides is 2. The number of aromatic nitrogens is 2. The third-order valence-corrected chi connectivity index (χ3v) is 7.46. The van der Waals surface area contributed by atoms with Crippen LogP contribution < -0.4 is 15.4 Å². The molecule has 10 nitrogen and oxygen atoms in total. The van der Waals surface area contributed by atoms with Gasteiger partial charge in [0.15, 0.2) is 9.84 Å². The van der Waals surface area contributed by atoms with Gasteiger partial charge in [0.05, 0.1) is 30.1 Å². The fourth-order valence-corrected chi connectivity index (χ4v) is 5.83. The maximum absolute atomic E-state index is 12.9. The number of anilines is 1. The van der Waals surface area contributed by atoms with Gasteiger partial charge in [-0.1, -0.05) is 23.9 Å². The van der Waals surface area contributed by atoms with Gasteiger partial charge in [-0.2, -0.15) is 0 Å². The molecule has 0 radical (unpaired) electrons. The number of carbonyl (C=O) groups excluding carboxylic acids is 2. The fourth-order valence-electron chi connectivity index (χ4n) is 3.31. The van der Waals surface area contributed by atoms with Crippen molar-refractivity contribution in [2.75, 3.05) is 35.8 Å². The average Bonchev–Trinajstić information content (AvgIpc) is 3.32. The van der Waals surface area contributed by atoms with Crippen LogP contribution in [0.15, 0.2) is 33.9 Å². The Labute approximate surface area is 184 Å². The van der Waals surface area contributed by atoms with E-state index in [-0.39, 0.29) is 47.3 Å². The van der Waals surface area contributed by atoms with Crippen LogP contribution in [0.3, 0.4) is 0 Å². The Balaban J connectivity index is 1.63. The van der Waals surface area contributed by atoms with Gasteiger partial charge in [-0.15, -0.1) is 10.2 Å². The van der Waals surface area contributed by atoms with Crippen molar-refractivity contribution >= 4 is 39.1 Å². The molecule has 1 aromatic carbocycles.